The predicted octanol–water partition coefficient (Wildman–Crippen LogP) is 3.30. The summed E-state index contributed by atoms with van der Waals surface area (Å²) in [7, 11) is 0. The van der Waals surface area contributed by atoms with E-state index in [4.69, 9.17) is 11.6 Å². The Hall–Kier alpha value is -0.640. The van der Waals surface area contributed by atoms with E-state index in [0.717, 1.165) is 24.6 Å². The lowest BCUT2D eigenvalue weighted by molar-refractivity contribution is 0.193. The van der Waals surface area contributed by atoms with Gasteiger partial charge < -0.3 is 10.2 Å². The first-order valence-electron chi connectivity index (χ1n) is 7.01. The molecule has 0 amide bonds. The van der Waals surface area contributed by atoms with E-state index in [1.165, 1.54) is 38.1 Å². The molecule has 0 atom stereocenters. The van der Waals surface area contributed by atoms with E-state index in [2.05, 4.69) is 17.1 Å². The average Bonchev–Trinajstić information content (AvgIpc) is 2.36. The Kier molecular flexibility index (Phi) is 5.61. The van der Waals surface area contributed by atoms with E-state index in [1.54, 1.807) is 6.07 Å². The lowest BCUT2D eigenvalue weighted by Crippen LogP contribution is -2.37. The van der Waals surface area contributed by atoms with Gasteiger partial charge in [-0.3, -0.25) is 0 Å². The Bertz CT molecular complexity index is 383. The molecule has 1 heterocycles. The zero-order chi connectivity index (χ0) is 13.7. The maximum absolute atomic E-state index is 13.1. The highest BCUT2D eigenvalue weighted by Gasteiger charge is 2.14. The molecule has 0 spiro atoms. The fourth-order valence-electron chi connectivity index (χ4n) is 2.47. The van der Waals surface area contributed by atoms with E-state index in [-0.39, 0.29) is 5.82 Å². The van der Waals surface area contributed by atoms with Crippen LogP contribution in [0, 0.1) is 11.7 Å². The molecule has 1 aromatic rings. The molecule has 1 fully saturated rings. The van der Waals surface area contributed by atoms with Crippen molar-refractivity contribution in [2.45, 2.75) is 26.3 Å². The van der Waals surface area contributed by atoms with Gasteiger partial charge in [-0.1, -0.05) is 18.5 Å². The molecule has 0 saturated carbocycles. The van der Waals surface area contributed by atoms with Crippen molar-refractivity contribution in [1.29, 1.82) is 0 Å². The largest absolute Gasteiger partial charge is 0.311 e. The topological polar surface area (TPSA) is 15.3 Å². The quantitative estimate of drug-likeness (QED) is 0.835. The van der Waals surface area contributed by atoms with E-state index < -0.39 is 0 Å². The molecule has 19 heavy (non-hydrogen) atoms. The smallest absolute Gasteiger partial charge is 0.125 e. The Labute approximate surface area is 119 Å². The number of hydrogen-bond donors (Lipinski definition) is 1. The van der Waals surface area contributed by atoms with E-state index in [9.17, 15) is 4.39 Å². The van der Waals surface area contributed by atoms with Crippen LogP contribution >= 0.6 is 11.6 Å². The summed E-state index contributed by atoms with van der Waals surface area (Å²) in [4.78, 5) is 2.49. The van der Waals surface area contributed by atoms with Crippen molar-refractivity contribution in [3.63, 3.8) is 0 Å². The van der Waals surface area contributed by atoms with Gasteiger partial charge in [0.05, 0.1) is 0 Å². The van der Waals surface area contributed by atoms with Crippen molar-refractivity contribution in [2.24, 2.45) is 5.92 Å². The van der Waals surface area contributed by atoms with Crippen LogP contribution in [0.15, 0.2) is 18.2 Å². The molecule has 0 aromatic heterocycles. The molecule has 2 nitrogen and oxygen atoms in total. The number of nitrogens with zero attached hydrogens (tertiary/aromatic N) is 1. The SMILES string of the molecule is CC1CCN(CCNCc2cc(F)cc(Cl)c2)CC1. The van der Waals surface area contributed by atoms with Gasteiger partial charge in [0.15, 0.2) is 0 Å². The number of benzene rings is 1. The summed E-state index contributed by atoms with van der Waals surface area (Å²) < 4.78 is 13.1. The van der Waals surface area contributed by atoms with Crippen LogP contribution in [0.2, 0.25) is 5.02 Å². The third kappa shape index (κ3) is 5.09. The molecular formula is C15H22ClFN2. The molecule has 2 rings (SSSR count). The average molecular weight is 285 g/mol. The third-order valence-corrected chi connectivity index (χ3v) is 3.95. The standard InChI is InChI=1S/C15H22ClFN2/c1-12-2-5-19(6-3-12)7-4-18-11-13-8-14(16)10-15(17)9-13/h8-10,12,18H,2-7,11H2,1H3. The summed E-state index contributed by atoms with van der Waals surface area (Å²) >= 11 is 5.82. The van der Waals surface area contributed by atoms with Gasteiger partial charge in [0, 0.05) is 24.7 Å². The van der Waals surface area contributed by atoms with Crippen molar-refractivity contribution < 1.29 is 4.39 Å². The van der Waals surface area contributed by atoms with E-state index in [1.807, 2.05) is 0 Å². The summed E-state index contributed by atoms with van der Waals surface area (Å²) in [6.07, 6.45) is 2.61. The van der Waals surface area contributed by atoms with Crippen molar-refractivity contribution >= 4 is 11.6 Å². The molecule has 0 aliphatic carbocycles. The van der Waals surface area contributed by atoms with Crippen LogP contribution in [0.3, 0.4) is 0 Å². The molecule has 1 aliphatic rings. The fraction of sp³-hybridized carbons (Fsp3) is 0.600. The van der Waals surface area contributed by atoms with Gasteiger partial charge in [-0.05, 0) is 55.6 Å². The molecule has 106 valence electrons. The zero-order valence-corrected chi connectivity index (χ0v) is 12.2. The van der Waals surface area contributed by atoms with E-state index in [0.29, 0.717) is 11.6 Å². The normalized spacial score (nSPS) is 17.8. The van der Waals surface area contributed by atoms with Gasteiger partial charge in [-0.2, -0.15) is 0 Å². The molecule has 1 N–H and O–H groups in total. The minimum absolute atomic E-state index is 0.269. The Balaban J connectivity index is 1.66. The van der Waals surface area contributed by atoms with Crippen LogP contribution in [0.1, 0.15) is 25.3 Å². The molecule has 0 unspecified atom stereocenters. The van der Waals surface area contributed by atoms with Crippen LogP contribution in [0.5, 0.6) is 0 Å². The highest BCUT2D eigenvalue weighted by Crippen LogP contribution is 2.15. The summed E-state index contributed by atoms with van der Waals surface area (Å²) in [5.74, 6) is 0.605. The summed E-state index contributed by atoms with van der Waals surface area (Å²) in [6.45, 7) is 7.40. The van der Waals surface area contributed by atoms with Crippen LogP contribution in [0.25, 0.3) is 0 Å². The number of hydrogen-bond acceptors (Lipinski definition) is 2. The number of piperidine rings is 1. The molecule has 0 bridgehead atoms. The maximum Gasteiger partial charge on any atom is 0.125 e. The Morgan fingerprint density at radius 2 is 2.05 bits per heavy atom. The number of likely N-dealkylation sites (tertiary alicyclic amines) is 1. The predicted molar refractivity (Wildman–Crippen MR) is 78.0 cm³/mol. The van der Waals surface area contributed by atoms with E-state index >= 15 is 0 Å². The maximum atomic E-state index is 13.1. The first kappa shape index (κ1) is 14.8. The first-order chi connectivity index (χ1) is 9.13. The van der Waals surface area contributed by atoms with Crippen molar-refractivity contribution in [3.05, 3.63) is 34.6 Å². The summed E-state index contributed by atoms with van der Waals surface area (Å²) in [6, 6.07) is 4.67. The molecule has 1 aliphatic heterocycles. The highest BCUT2D eigenvalue weighted by molar-refractivity contribution is 6.30. The van der Waals surface area contributed by atoms with Crippen molar-refractivity contribution in [2.75, 3.05) is 26.2 Å². The minimum atomic E-state index is -0.269. The number of rotatable bonds is 5. The molecule has 0 radical (unpaired) electrons. The van der Waals surface area contributed by atoms with Crippen LogP contribution in [0.4, 0.5) is 4.39 Å². The molecule has 1 saturated heterocycles. The highest BCUT2D eigenvalue weighted by atomic mass is 35.5. The second kappa shape index (κ2) is 7.22. The summed E-state index contributed by atoms with van der Waals surface area (Å²) in [5.41, 5.74) is 0.900. The van der Waals surface area contributed by atoms with Gasteiger partial charge in [-0.25, -0.2) is 4.39 Å². The van der Waals surface area contributed by atoms with Gasteiger partial charge in [0.1, 0.15) is 5.82 Å². The van der Waals surface area contributed by atoms with Crippen LogP contribution in [-0.4, -0.2) is 31.1 Å². The lowest BCUT2D eigenvalue weighted by atomic mass is 9.99. The van der Waals surface area contributed by atoms with Gasteiger partial charge in [-0.15, -0.1) is 0 Å². The van der Waals surface area contributed by atoms with Crippen LogP contribution < -0.4 is 5.32 Å². The minimum Gasteiger partial charge on any atom is -0.311 e. The molecule has 1 aromatic carbocycles. The number of halogens is 2. The third-order valence-electron chi connectivity index (χ3n) is 3.73. The van der Waals surface area contributed by atoms with Crippen LogP contribution in [-0.2, 0) is 6.54 Å². The van der Waals surface area contributed by atoms with Gasteiger partial charge in [0.25, 0.3) is 0 Å². The second-order valence-corrected chi connectivity index (χ2v) is 5.92. The lowest BCUT2D eigenvalue weighted by Gasteiger charge is -2.30. The van der Waals surface area contributed by atoms with Gasteiger partial charge in [0.2, 0.25) is 0 Å². The Morgan fingerprint density at radius 1 is 1.32 bits per heavy atom. The molecular weight excluding hydrogens is 263 g/mol. The van der Waals surface area contributed by atoms with Gasteiger partial charge >= 0.3 is 0 Å². The second-order valence-electron chi connectivity index (χ2n) is 5.48. The summed E-state index contributed by atoms with van der Waals surface area (Å²) in [5, 5.41) is 3.81. The number of nitrogens with one attached hydrogen (secondary N) is 1. The van der Waals surface area contributed by atoms with Crippen molar-refractivity contribution in [1.82, 2.24) is 10.2 Å². The Morgan fingerprint density at radius 3 is 2.74 bits per heavy atom. The first-order valence-corrected chi connectivity index (χ1v) is 7.39. The molecule has 4 heteroatoms. The van der Waals surface area contributed by atoms with Crippen molar-refractivity contribution in [3.8, 4) is 0 Å². The zero-order valence-electron chi connectivity index (χ0n) is 11.5. The fourth-order valence-corrected chi connectivity index (χ4v) is 2.71. The monoisotopic (exact) mass is 284 g/mol.